The van der Waals surface area contributed by atoms with E-state index in [1.54, 1.807) is 24.1 Å². The SMILES string of the molecule is CN1C(=O)[C@H]2COC[C@@H]1CN(S(=O)(=O)c1cccc3c1OCCO3)C2. The maximum atomic E-state index is 13.3. The van der Waals surface area contributed by atoms with Crippen molar-refractivity contribution in [2.45, 2.75) is 10.9 Å². The molecule has 1 amide bonds. The van der Waals surface area contributed by atoms with Crippen LogP contribution in [-0.2, 0) is 19.6 Å². The van der Waals surface area contributed by atoms with Crippen molar-refractivity contribution in [3.05, 3.63) is 18.2 Å². The van der Waals surface area contributed by atoms with E-state index in [9.17, 15) is 13.2 Å². The van der Waals surface area contributed by atoms with Crippen LogP contribution in [0.2, 0.25) is 0 Å². The summed E-state index contributed by atoms with van der Waals surface area (Å²) < 4.78 is 44.5. The number of amides is 1. The summed E-state index contributed by atoms with van der Waals surface area (Å²) in [4.78, 5) is 14.1. The summed E-state index contributed by atoms with van der Waals surface area (Å²) in [7, 11) is -2.12. The van der Waals surface area contributed by atoms with Gasteiger partial charge in [-0.2, -0.15) is 4.31 Å². The summed E-state index contributed by atoms with van der Waals surface area (Å²) in [6.07, 6.45) is 0. The summed E-state index contributed by atoms with van der Waals surface area (Å²) in [5.74, 6) is 0.108. The zero-order valence-electron chi connectivity index (χ0n) is 13.9. The highest BCUT2D eigenvalue weighted by molar-refractivity contribution is 7.89. The third-order valence-corrected chi connectivity index (χ3v) is 6.72. The molecule has 2 bridgehead atoms. The van der Waals surface area contributed by atoms with Gasteiger partial charge < -0.3 is 19.1 Å². The Kier molecular flexibility index (Phi) is 4.09. The molecule has 136 valence electrons. The van der Waals surface area contributed by atoms with Crippen LogP contribution in [0, 0.1) is 5.92 Å². The lowest BCUT2D eigenvalue weighted by atomic mass is 10.1. The van der Waals surface area contributed by atoms with E-state index < -0.39 is 15.9 Å². The van der Waals surface area contributed by atoms with Gasteiger partial charge in [0.15, 0.2) is 11.5 Å². The molecule has 2 fully saturated rings. The van der Waals surface area contributed by atoms with Crippen molar-refractivity contribution in [3.63, 3.8) is 0 Å². The number of ether oxygens (including phenoxy) is 3. The predicted octanol–water partition coefficient (Wildman–Crippen LogP) is -0.0645. The third-order valence-electron chi connectivity index (χ3n) is 4.86. The molecule has 8 nitrogen and oxygen atoms in total. The molecule has 0 unspecified atom stereocenters. The van der Waals surface area contributed by atoms with Gasteiger partial charge in [-0.1, -0.05) is 6.07 Å². The maximum absolute atomic E-state index is 13.3. The van der Waals surface area contributed by atoms with Crippen molar-refractivity contribution in [3.8, 4) is 11.5 Å². The zero-order valence-corrected chi connectivity index (χ0v) is 14.7. The molecule has 1 aromatic rings. The molecule has 3 aliphatic heterocycles. The van der Waals surface area contributed by atoms with E-state index in [2.05, 4.69) is 0 Å². The lowest BCUT2D eigenvalue weighted by Gasteiger charge is -2.30. The largest absolute Gasteiger partial charge is 0.486 e. The van der Waals surface area contributed by atoms with Gasteiger partial charge in [-0.15, -0.1) is 0 Å². The van der Waals surface area contributed by atoms with Gasteiger partial charge in [0.05, 0.1) is 25.2 Å². The highest BCUT2D eigenvalue weighted by Gasteiger charge is 2.42. The molecular weight excluding hydrogens is 348 g/mol. The number of para-hydroxylation sites is 1. The number of carbonyl (C=O) groups excluding carboxylic acids is 1. The second kappa shape index (κ2) is 6.15. The summed E-state index contributed by atoms with van der Waals surface area (Å²) in [5.41, 5.74) is 0. The Morgan fingerprint density at radius 2 is 1.92 bits per heavy atom. The highest BCUT2D eigenvalue weighted by Crippen LogP contribution is 2.38. The van der Waals surface area contributed by atoms with E-state index in [1.807, 2.05) is 0 Å². The first-order valence-electron chi connectivity index (χ1n) is 8.21. The topological polar surface area (TPSA) is 85.4 Å². The molecule has 3 heterocycles. The fourth-order valence-electron chi connectivity index (χ4n) is 3.44. The summed E-state index contributed by atoms with van der Waals surface area (Å²) in [6, 6.07) is 4.55. The first-order valence-corrected chi connectivity index (χ1v) is 9.65. The van der Waals surface area contributed by atoms with Crippen LogP contribution in [-0.4, -0.2) is 76.1 Å². The molecule has 1 aromatic carbocycles. The smallest absolute Gasteiger partial charge is 0.247 e. The van der Waals surface area contributed by atoms with Crippen molar-refractivity contribution >= 4 is 15.9 Å². The minimum absolute atomic E-state index is 0.0742. The number of carbonyl (C=O) groups is 1. The lowest BCUT2D eigenvalue weighted by molar-refractivity contribution is -0.133. The van der Waals surface area contributed by atoms with E-state index in [1.165, 1.54) is 10.4 Å². The molecule has 0 aromatic heterocycles. The van der Waals surface area contributed by atoms with Crippen LogP contribution in [0.25, 0.3) is 0 Å². The Bertz CT molecular complexity index is 796. The Morgan fingerprint density at radius 1 is 1.12 bits per heavy atom. The highest BCUT2D eigenvalue weighted by atomic mass is 32.2. The number of benzene rings is 1. The van der Waals surface area contributed by atoms with E-state index >= 15 is 0 Å². The molecule has 9 heteroatoms. The van der Waals surface area contributed by atoms with Crippen molar-refractivity contribution in [2.24, 2.45) is 5.92 Å². The molecule has 0 N–H and O–H groups in total. The number of sulfonamides is 1. The second-order valence-corrected chi connectivity index (χ2v) is 8.35. The number of nitrogens with zero attached hydrogens (tertiary/aromatic N) is 2. The average molecular weight is 368 g/mol. The minimum atomic E-state index is -3.82. The normalized spacial score (nSPS) is 27.1. The number of likely N-dealkylation sites (N-methyl/N-ethyl adjacent to an activating group) is 1. The van der Waals surface area contributed by atoms with Crippen LogP contribution < -0.4 is 9.47 Å². The van der Waals surface area contributed by atoms with Gasteiger partial charge in [0.2, 0.25) is 15.9 Å². The van der Waals surface area contributed by atoms with E-state index in [0.29, 0.717) is 25.6 Å². The van der Waals surface area contributed by atoms with Gasteiger partial charge in [0, 0.05) is 20.1 Å². The summed E-state index contributed by atoms with van der Waals surface area (Å²) in [5, 5.41) is 0. The van der Waals surface area contributed by atoms with Crippen molar-refractivity contribution in [2.75, 3.05) is 46.6 Å². The Hall–Kier alpha value is -1.84. The molecular formula is C16H20N2O6S. The van der Waals surface area contributed by atoms with Gasteiger partial charge >= 0.3 is 0 Å². The summed E-state index contributed by atoms with van der Waals surface area (Å²) >= 11 is 0. The third kappa shape index (κ3) is 2.76. The Balaban J connectivity index is 1.73. The maximum Gasteiger partial charge on any atom is 0.247 e. The van der Waals surface area contributed by atoms with Gasteiger partial charge in [-0.25, -0.2) is 8.42 Å². The quantitative estimate of drug-likeness (QED) is 0.727. The average Bonchev–Trinajstić information content (AvgIpc) is 2.79. The van der Waals surface area contributed by atoms with Gasteiger partial charge in [-0.3, -0.25) is 4.79 Å². The monoisotopic (exact) mass is 368 g/mol. The molecule has 2 saturated heterocycles. The Morgan fingerprint density at radius 3 is 2.76 bits per heavy atom. The number of hydrogen-bond donors (Lipinski definition) is 0. The van der Waals surface area contributed by atoms with Gasteiger partial charge in [0.25, 0.3) is 0 Å². The molecule has 2 atom stereocenters. The summed E-state index contributed by atoms with van der Waals surface area (Å²) in [6.45, 7) is 1.56. The van der Waals surface area contributed by atoms with Gasteiger partial charge in [0.1, 0.15) is 18.1 Å². The van der Waals surface area contributed by atoms with E-state index in [0.717, 1.165) is 0 Å². The second-order valence-electron chi connectivity index (χ2n) is 6.44. The molecule has 25 heavy (non-hydrogen) atoms. The van der Waals surface area contributed by atoms with E-state index in [-0.39, 0.29) is 42.3 Å². The standard InChI is InChI=1S/C16H20N2O6S/c1-17-12-8-18(7-11(16(17)19)9-22-10-12)25(20,21)14-4-2-3-13-15(14)24-6-5-23-13/h2-4,11-12H,5-10H2,1H3/t11-,12+/m1/s1. The number of fused-ring (bicyclic) bond motifs is 4. The molecule has 0 aliphatic carbocycles. The molecule has 4 rings (SSSR count). The molecule has 0 radical (unpaired) electrons. The molecule has 0 spiro atoms. The predicted molar refractivity (Wildman–Crippen MR) is 87.1 cm³/mol. The fourth-order valence-corrected chi connectivity index (χ4v) is 5.11. The van der Waals surface area contributed by atoms with Crippen LogP contribution in [0.15, 0.2) is 23.1 Å². The van der Waals surface area contributed by atoms with Crippen LogP contribution >= 0.6 is 0 Å². The fraction of sp³-hybridized carbons (Fsp3) is 0.562. The zero-order chi connectivity index (χ0) is 17.6. The van der Waals surface area contributed by atoms with Crippen LogP contribution in [0.4, 0.5) is 0 Å². The Labute approximate surface area is 146 Å². The number of hydrogen-bond acceptors (Lipinski definition) is 6. The lowest BCUT2D eigenvalue weighted by Crippen LogP contribution is -2.45. The van der Waals surface area contributed by atoms with E-state index in [4.69, 9.17) is 14.2 Å². The van der Waals surface area contributed by atoms with Crippen LogP contribution in [0.5, 0.6) is 11.5 Å². The van der Waals surface area contributed by atoms with Crippen molar-refractivity contribution in [1.82, 2.24) is 9.21 Å². The number of rotatable bonds is 2. The first-order chi connectivity index (χ1) is 12.0. The molecule has 0 saturated carbocycles. The van der Waals surface area contributed by atoms with Gasteiger partial charge in [-0.05, 0) is 12.1 Å². The van der Waals surface area contributed by atoms with Crippen LogP contribution in [0.3, 0.4) is 0 Å². The van der Waals surface area contributed by atoms with Crippen LogP contribution in [0.1, 0.15) is 0 Å². The first kappa shape index (κ1) is 16.6. The molecule has 3 aliphatic rings. The van der Waals surface area contributed by atoms with Crippen molar-refractivity contribution in [1.29, 1.82) is 0 Å². The minimum Gasteiger partial charge on any atom is -0.486 e. The van der Waals surface area contributed by atoms with Crippen molar-refractivity contribution < 1.29 is 27.4 Å².